The number of ether oxygens (including phenoxy) is 4. The first-order chi connectivity index (χ1) is 8.24. The lowest BCUT2D eigenvalue weighted by molar-refractivity contribution is -0.105. The SMILES string of the molecule is COC(CCc1cc2c(cc1Br)OCO2)OC. The minimum Gasteiger partial charge on any atom is -0.454 e. The molecule has 0 saturated carbocycles. The monoisotopic (exact) mass is 302 g/mol. The van der Waals surface area contributed by atoms with Crippen molar-refractivity contribution in [3.63, 3.8) is 0 Å². The van der Waals surface area contributed by atoms with Crippen molar-refractivity contribution in [3.8, 4) is 11.5 Å². The summed E-state index contributed by atoms with van der Waals surface area (Å²) in [6.07, 6.45) is 1.47. The lowest BCUT2D eigenvalue weighted by Gasteiger charge is -2.13. The van der Waals surface area contributed by atoms with Crippen molar-refractivity contribution in [1.29, 1.82) is 0 Å². The summed E-state index contributed by atoms with van der Waals surface area (Å²) < 4.78 is 22.0. The molecule has 1 aromatic rings. The van der Waals surface area contributed by atoms with Crippen molar-refractivity contribution in [2.45, 2.75) is 19.1 Å². The molecule has 1 aliphatic heterocycles. The molecule has 2 rings (SSSR count). The van der Waals surface area contributed by atoms with E-state index in [0.29, 0.717) is 6.79 Å². The number of hydrogen-bond acceptors (Lipinski definition) is 4. The molecule has 0 N–H and O–H groups in total. The van der Waals surface area contributed by atoms with Crippen LogP contribution in [-0.2, 0) is 15.9 Å². The van der Waals surface area contributed by atoms with Crippen LogP contribution in [0.3, 0.4) is 0 Å². The summed E-state index contributed by atoms with van der Waals surface area (Å²) in [6, 6.07) is 3.93. The number of halogens is 1. The van der Waals surface area contributed by atoms with Gasteiger partial charge >= 0.3 is 0 Å². The molecule has 0 bridgehead atoms. The van der Waals surface area contributed by atoms with Gasteiger partial charge in [-0.1, -0.05) is 15.9 Å². The van der Waals surface area contributed by atoms with Crippen LogP contribution in [0.5, 0.6) is 11.5 Å². The van der Waals surface area contributed by atoms with E-state index in [2.05, 4.69) is 15.9 Å². The van der Waals surface area contributed by atoms with E-state index in [1.807, 2.05) is 12.1 Å². The minimum atomic E-state index is -0.174. The van der Waals surface area contributed by atoms with Crippen LogP contribution in [0.4, 0.5) is 0 Å². The second kappa shape index (κ2) is 5.71. The number of aryl methyl sites for hydroxylation is 1. The first-order valence-electron chi connectivity index (χ1n) is 5.38. The number of methoxy groups -OCH3 is 2. The molecule has 4 nitrogen and oxygen atoms in total. The van der Waals surface area contributed by atoms with Crippen LogP contribution in [0.1, 0.15) is 12.0 Å². The Labute approximate surface area is 109 Å². The third-order valence-corrected chi connectivity index (χ3v) is 3.45. The van der Waals surface area contributed by atoms with Gasteiger partial charge in [0.15, 0.2) is 17.8 Å². The maximum absolute atomic E-state index is 5.35. The van der Waals surface area contributed by atoms with Crippen molar-refractivity contribution in [1.82, 2.24) is 0 Å². The van der Waals surface area contributed by atoms with Crippen molar-refractivity contribution in [2.24, 2.45) is 0 Å². The van der Waals surface area contributed by atoms with Crippen LogP contribution in [0.25, 0.3) is 0 Å². The molecule has 0 radical (unpaired) electrons. The summed E-state index contributed by atoms with van der Waals surface area (Å²) in [7, 11) is 3.28. The van der Waals surface area contributed by atoms with Gasteiger partial charge in [0, 0.05) is 25.1 Å². The Hall–Kier alpha value is -0.780. The Morgan fingerprint density at radius 3 is 2.53 bits per heavy atom. The molecular formula is C12H15BrO4. The Kier molecular flexibility index (Phi) is 4.25. The van der Waals surface area contributed by atoms with Crippen LogP contribution < -0.4 is 9.47 Å². The lowest BCUT2D eigenvalue weighted by Crippen LogP contribution is -2.13. The molecule has 0 unspecified atom stereocenters. The van der Waals surface area contributed by atoms with Crippen molar-refractivity contribution >= 4 is 15.9 Å². The largest absolute Gasteiger partial charge is 0.454 e. The van der Waals surface area contributed by atoms with E-state index in [1.54, 1.807) is 14.2 Å². The van der Waals surface area contributed by atoms with E-state index in [0.717, 1.165) is 34.4 Å². The van der Waals surface area contributed by atoms with E-state index in [1.165, 1.54) is 0 Å². The number of hydrogen-bond donors (Lipinski definition) is 0. The van der Waals surface area contributed by atoms with E-state index < -0.39 is 0 Å². The number of benzene rings is 1. The molecule has 0 atom stereocenters. The Morgan fingerprint density at radius 1 is 1.24 bits per heavy atom. The van der Waals surface area contributed by atoms with Crippen molar-refractivity contribution < 1.29 is 18.9 Å². The molecule has 0 aliphatic carbocycles. The molecule has 1 heterocycles. The zero-order valence-electron chi connectivity index (χ0n) is 9.86. The molecule has 0 amide bonds. The standard InChI is InChI=1S/C12H15BrO4/c1-14-12(15-2)4-3-8-5-10-11(6-9(8)13)17-7-16-10/h5-6,12H,3-4,7H2,1-2H3. The Balaban J connectivity index is 2.06. The average Bonchev–Trinajstić information content (AvgIpc) is 2.77. The zero-order valence-corrected chi connectivity index (χ0v) is 11.5. The van der Waals surface area contributed by atoms with Gasteiger partial charge in [0.25, 0.3) is 0 Å². The topological polar surface area (TPSA) is 36.9 Å². The maximum Gasteiger partial charge on any atom is 0.231 e. The minimum absolute atomic E-state index is 0.174. The Morgan fingerprint density at radius 2 is 1.88 bits per heavy atom. The maximum atomic E-state index is 5.35. The zero-order chi connectivity index (χ0) is 12.3. The third-order valence-electron chi connectivity index (χ3n) is 2.72. The number of fused-ring (bicyclic) bond motifs is 1. The van der Waals surface area contributed by atoms with Gasteiger partial charge in [0.1, 0.15) is 0 Å². The fraction of sp³-hybridized carbons (Fsp3) is 0.500. The summed E-state index contributed by atoms with van der Waals surface area (Å²) in [4.78, 5) is 0. The van der Waals surface area contributed by atoms with Crippen molar-refractivity contribution in [3.05, 3.63) is 22.2 Å². The quantitative estimate of drug-likeness (QED) is 0.784. The fourth-order valence-electron chi connectivity index (χ4n) is 1.76. The van der Waals surface area contributed by atoms with Crippen LogP contribution in [-0.4, -0.2) is 27.3 Å². The second-order valence-corrected chi connectivity index (χ2v) is 4.59. The van der Waals surface area contributed by atoms with Gasteiger partial charge in [0.05, 0.1) is 0 Å². The average molecular weight is 303 g/mol. The van der Waals surface area contributed by atoms with Crippen molar-refractivity contribution in [2.75, 3.05) is 21.0 Å². The smallest absolute Gasteiger partial charge is 0.231 e. The van der Waals surface area contributed by atoms with E-state index >= 15 is 0 Å². The first kappa shape index (κ1) is 12.7. The predicted octanol–water partition coefficient (Wildman–Crippen LogP) is 2.73. The molecule has 5 heteroatoms. The van der Waals surface area contributed by atoms with Gasteiger partial charge in [-0.25, -0.2) is 0 Å². The predicted molar refractivity (Wildman–Crippen MR) is 66.4 cm³/mol. The molecule has 1 aromatic carbocycles. The lowest BCUT2D eigenvalue weighted by atomic mass is 10.1. The molecule has 94 valence electrons. The van der Waals surface area contributed by atoms with Crippen LogP contribution in [0, 0.1) is 0 Å². The Bertz CT molecular complexity index is 390. The fourth-order valence-corrected chi connectivity index (χ4v) is 2.28. The first-order valence-corrected chi connectivity index (χ1v) is 6.17. The van der Waals surface area contributed by atoms with Gasteiger partial charge in [-0.15, -0.1) is 0 Å². The van der Waals surface area contributed by atoms with Gasteiger partial charge in [-0.05, 0) is 24.1 Å². The summed E-state index contributed by atoms with van der Waals surface area (Å²) >= 11 is 3.53. The third kappa shape index (κ3) is 2.91. The van der Waals surface area contributed by atoms with Crippen LogP contribution in [0.2, 0.25) is 0 Å². The van der Waals surface area contributed by atoms with E-state index in [9.17, 15) is 0 Å². The van der Waals surface area contributed by atoms with E-state index in [4.69, 9.17) is 18.9 Å². The van der Waals surface area contributed by atoms with Crippen LogP contribution >= 0.6 is 15.9 Å². The molecule has 0 aromatic heterocycles. The molecular weight excluding hydrogens is 288 g/mol. The molecule has 1 aliphatic rings. The van der Waals surface area contributed by atoms with Gasteiger partial charge in [0.2, 0.25) is 6.79 Å². The van der Waals surface area contributed by atoms with Gasteiger partial charge in [-0.2, -0.15) is 0 Å². The summed E-state index contributed by atoms with van der Waals surface area (Å²) in [6.45, 7) is 0.296. The highest BCUT2D eigenvalue weighted by molar-refractivity contribution is 9.10. The normalized spacial score (nSPS) is 13.4. The summed E-state index contributed by atoms with van der Waals surface area (Å²) in [5.41, 5.74) is 1.16. The van der Waals surface area contributed by atoms with Crippen LogP contribution in [0.15, 0.2) is 16.6 Å². The molecule has 0 fully saturated rings. The molecule has 0 spiro atoms. The highest BCUT2D eigenvalue weighted by atomic mass is 79.9. The summed E-state index contributed by atoms with van der Waals surface area (Å²) in [5.74, 6) is 1.59. The highest BCUT2D eigenvalue weighted by Gasteiger charge is 2.17. The second-order valence-electron chi connectivity index (χ2n) is 3.74. The number of rotatable bonds is 5. The van der Waals surface area contributed by atoms with Gasteiger partial charge in [-0.3, -0.25) is 0 Å². The molecule has 0 saturated heterocycles. The summed E-state index contributed by atoms with van der Waals surface area (Å²) in [5, 5.41) is 0. The van der Waals surface area contributed by atoms with E-state index in [-0.39, 0.29) is 6.29 Å². The van der Waals surface area contributed by atoms with Gasteiger partial charge < -0.3 is 18.9 Å². The molecule has 17 heavy (non-hydrogen) atoms. The highest BCUT2D eigenvalue weighted by Crippen LogP contribution is 2.37.